The number of para-hydroxylation sites is 1. The van der Waals surface area contributed by atoms with E-state index in [2.05, 4.69) is 0 Å². The molecule has 0 aliphatic carbocycles. The lowest BCUT2D eigenvalue weighted by molar-refractivity contribution is -0.142. The van der Waals surface area contributed by atoms with E-state index in [0.717, 1.165) is 5.56 Å². The first-order chi connectivity index (χ1) is 9.47. The van der Waals surface area contributed by atoms with E-state index in [0.29, 0.717) is 16.6 Å². The van der Waals surface area contributed by atoms with Gasteiger partial charge in [0.1, 0.15) is 5.69 Å². The van der Waals surface area contributed by atoms with Gasteiger partial charge in [-0.2, -0.15) is 13.2 Å². The molecular formula is C16H12F3N. The second-order valence-electron chi connectivity index (χ2n) is 4.76. The highest BCUT2D eigenvalue weighted by atomic mass is 19.4. The standard InChI is InChI=1S/C16H12F3N/c1-11-7-8-12-10-15(16(17,18)19)20(14(12)9-11)13-5-3-2-4-6-13/h2-10H,1H3. The van der Waals surface area contributed by atoms with Gasteiger partial charge in [-0.3, -0.25) is 0 Å². The van der Waals surface area contributed by atoms with Crippen LogP contribution >= 0.6 is 0 Å². The Morgan fingerprint density at radius 1 is 0.900 bits per heavy atom. The molecule has 0 atom stereocenters. The van der Waals surface area contributed by atoms with Crippen molar-refractivity contribution >= 4 is 10.9 Å². The van der Waals surface area contributed by atoms with Crippen LogP contribution in [0.15, 0.2) is 54.6 Å². The van der Waals surface area contributed by atoms with Crippen molar-refractivity contribution in [3.63, 3.8) is 0 Å². The number of aryl methyl sites for hydroxylation is 1. The van der Waals surface area contributed by atoms with Crippen LogP contribution < -0.4 is 0 Å². The molecule has 1 aromatic heterocycles. The molecule has 0 aliphatic heterocycles. The summed E-state index contributed by atoms with van der Waals surface area (Å²) in [6.07, 6.45) is -4.39. The van der Waals surface area contributed by atoms with Gasteiger partial charge in [-0.15, -0.1) is 0 Å². The van der Waals surface area contributed by atoms with E-state index in [4.69, 9.17) is 0 Å². The summed E-state index contributed by atoms with van der Waals surface area (Å²) < 4.78 is 41.0. The predicted octanol–water partition coefficient (Wildman–Crippen LogP) is 4.96. The molecule has 0 bridgehead atoms. The van der Waals surface area contributed by atoms with Crippen molar-refractivity contribution in [1.82, 2.24) is 4.57 Å². The van der Waals surface area contributed by atoms with Crippen molar-refractivity contribution in [1.29, 1.82) is 0 Å². The fourth-order valence-electron chi connectivity index (χ4n) is 2.37. The smallest absolute Gasteiger partial charge is 0.305 e. The summed E-state index contributed by atoms with van der Waals surface area (Å²) in [5.41, 5.74) is 1.37. The summed E-state index contributed by atoms with van der Waals surface area (Å²) in [5, 5.41) is 0.590. The molecule has 0 spiro atoms. The highest BCUT2D eigenvalue weighted by Gasteiger charge is 2.35. The summed E-state index contributed by atoms with van der Waals surface area (Å²) in [5.74, 6) is 0. The largest absolute Gasteiger partial charge is 0.431 e. The van der Waals surface area contributed by atoms with Gasteiger partial charge in [0.05, 0.1) is 5.52 Å². The number of fused-ring (bicyclic) bond motifs is 1. The molecule has 0 amide bonds. The molecular weight excluding hydrogens is 263 g/mol. The first-order valence-corrected chi connectivity index (χ1v) is 6.21. The van der Waals surface area contributed by atoms with Crippen LogP contribution in [0.25, 0.3) is 16.6 Å². The van der Waals surface area contributed by atoms with Gasteiger partial charge in [-0.25, -0.2) is 0 Å². The normalized spacial score (nSPS) is 12.0. The molecule has 2 aromatic carbocycles. The Hall–Kier alpha value is -2.23. The van der Waals surface area contributed by atoms with Gasteiger partial charge in [0.15, 0.2) is 0 Å². The van der Waals surface area contributed by atoms with Gasteiger partial charge in [0.2, 0.25) is 0 Å². The molecule has 0 N–H and O–H groups in total. The number of hydrogen-bond donors (Lipinski definition) is 0. The first-order valence-electron chi connectivity index (χ1n) is 6.21. The van der Waals surface area contributed by atoms with Crippen molar-refractivity contribution in [3.05, 3.63) is 65.9 Å². The maximum atomic E-state index is 13.3. The van der Waals surface area contributed by atoms with Gasteiger partial charge in [0, 0.05) is 11.1 Å². The summed E-state index contributed by atoms with van der Waals surface area (Å²) in [4.78, 5) is 0. The van der Waals surface area contributed by atoms with Crippen LogP contribution in [0.5, 0.6) is 0 Å². The zero-order valence-corrected chi connectivity index (χ0v) is 10.8. The van der Waals surface area contributed by atoms with E-state index < -0.39 is 11.9 Å². The molecule has 20 heavy (non-hydrogen) atoms. The van der Waals surface area contributed by atoms with Crippen LogP contribution in [0.4, 0.5) is 13.2 Å². The van der Waals surface area contributed by atoms with E-state index in [9.17, 15) is 13.2 Å². The molecule has 0 saturated heterocycles. The van der Waals surface area contributed by atoms with Crippen LogP contribution in [0.3, 0.4) is 0 Å². The second kappa shape index (κ2) is 4.40. The third kappa shape index (κ3) is 2.07. The van der Waals surface area contributed by atoms with E-state index in [-0.39, 0.29) is 0 Å². The lowest BCUT2D eigenvalue weighted by Gasteiger charge is -2.13. The molecule has 1 nitrogen and oxygen atoms in total. The van der Waals surface area contributed by atoms with Crippen molar-refractivity contribution in [3.8, 4) is 5.69 Å². The van der Waals surface area contributed by atoms with Gasteiger partial charge < -0.3 is 4.57 Å². The molecule has 1 heterocycles. The third-order valence-corrected chi connectivity index (χ3v) is 3.26. The minimum absolute atomic E-state index is 0.514. The molecule has 4 heteroatoms. The average Bonchev–Trinajstić information content (AvgIpc) is 2.78. The quantitative estimate of drug-likeness (QED) is 0.591. The molecule has 0 fully saturated rings. The Kier molecular flexibility index (Phi) is 2.82. The lowest BCUT2D eigenvalue weighted by Crippen LogP contribution is -2.12. The summed E-state index contributed by atoms with van der Waals surface area (Å²) in [7, 11) is 0. The molecule has 0 aliphatic rings. The number of benzene rings is 2. The molecule has 0 unspecified atom stereocenters. The number of nitrogens with zero attached hydrogens (tertiary/aromatic N) is 1. The molecule has 0 radical (unpaired) electrons. The predicted molar refractivity (Wildman–Crippen MR) is 73.0 cm³/mol. The maximum absolute atomic E-state index is 13.3. The van der Waals surface area contributed by atoms with E-state index >= 15 is 0 Å². The molecule has 3 aromatic rings. The summed E-state index contributed by atoms with van der Waals surface area (Å²) in [6, 6.07) is 15.1. The fraction of sp³-hybridized carbons (Fsp3) is 0.125. The Balaban J connectivity index is 2.40. The second-order valence-corrected chi connectivity index (χ2v) is 4.76. The number of hydrogen-bond acceptors (Lipinski definition) is 0. The molecule has 3 rings (SSSR count). The Bertz CT molecular complexity index is 754. The lowest BCUT2D eigenvalue weighted by atomic mass is 10.2. The summed E-state index contributed by atoms with van der Waals surface area (Å²) in [6.45, 7) is 1.87. The zero-order chi connectivity index (χ0) is 14.3. The van der Waals surface area contributed by atoms with Crippen LogP contribution in [0.2, 0.25) is 0 Å². The Morgan fingerprint density at radius 3 is 2.25 bits per heavy atom. The number of alkyl halides is 3. The van der Waals surface area contributed by atoms with Crippen LogP contribution in [-0.4, -0.2) is 4.57 Å². The molecule has 102 valence electrons. The van der Waals surface area contributed by atoms with Crippen molar-refractivity contribution in [2.24, 2.45) is 0 Å². The minimum atomic E-state index is -4.39. The number of rotatable bonds is 1. The van der Waals surface area contributed by atoms with Crippen molar-refractivity contribution < 1.29 is 13.2 Å². The maximum Gasteiger partial charge on any atom is 0.431 e. The average molecular weight is 275 g/mol. The Labute approximate surface area is 114 Å². The fourth-order valence-corrected chi connectivity index (χ4v) is 2.37. The van der Waals surface area contributed by atoms with Crippen LogP contribution in [0.1, 0.15) is 11.3 Å². The monoisotopic (exact) mass is 275 g/mol. The van der Waals surface area contributed by atoms with E-state index in [1.54, 1.807) is 42.5 Å². The highest BCUT2D eigenvalue weighted by Crippen LogP contribution is 2.36. The van der Waals surface area contributed by atoms with Crippen LogP contribution in [-0.2, 0) is 6.18 Å². The minimum Gasteiger partial charge on any atom is -0.305 e. The SMILES string of the molecule is Cc1ccc2cc(C(F)(F)F)n(-c3ccccc3)c2c1. The number of aromatic nitrogens is 1. The van der Waals surface area contributed by atoms with Gasteiger partial charge in [-0.05, 0) is 36.8 Å². The van der Waals surface area contributed by atoms with Crippen LogP contribution in [0, 0.1) is 6.92 Å². The van der Waals surface area contributed by atoms with Gasteiger partial charge in [-0.1, -0.05) is 30.3 Å². The van der Waals surface area contributed by atoms with E-state index in [1.807, 2.05) is 13.0 Å². The third-order valence-electron chi connectivity index (χ3n) is 3.26. The summed E-state index contributed by atoms with van der Waals surface area (Å²) >= 11 is 0. The zero-order valence-electron chi connectivity index (χ0n) is 10.8. The van der Waals surface area contributed by atoms with E-state index in [1.165, 1.54) is 10.6 Å². The van der Waals surface area contributed by atoms with Gasteiger partial charge in [0.25, 0.3) is 0 Å². The molecule has 0 saturated carbocycles. The number of halogens is 3. The first kappa shape index (κ1) is 12.8. The van der Waals surface area contributed by atoms with Crippen molar-refractivity contribution in [2.75, 3.05) is 0 Å². The highest BCUT2D eigenvalue weighted by molar-refractivity contribution is 5.84. The topological polar surface area (TPSA) is 4.93 Å². The van der Waals surface area contributed by atoms with Crippen molar-refractivity contribution in [2.45, 2.75) is 13.1 Å². The Morgan fingerprint density at radius 2 is 1.60 bits per heavy atom. The van der Waals surface area contributed by atoms with Gasteiger partial charge >= 0.3 is 6.18 Å².